The minimum Gasteiger partial charge on any atom is -0.456 e. The number of hydrogen-bond acceptors (Lipinski definition) is 4. The summed E-state index contributed by atoms with van der Waals surface area (Å²) in [6.45, 7) is 1.83. The molecule has 4 aromatic carbocycles. The molecule has 4 aromatic rings. The summed E-state index contributed by atoms with van der Waals surface area (Å²) < 4.78 is 81.0. The number of aryl methyl sites for hydroxylation is 1. The van der Waals surface area contributed by atoms with E-state index in [0.29, 0.717) is 28.0 Å². The van der Waals surface area contributed by atoms with Crippen molar-refractivity contribution in [3.05, 3.63) is 123 Å². The summed E-state index contributed by atoms with van der Waals surface area (Å²) in [5.41, 5.74) is -0.343. The number of amides is 1. The number of benzene rings is 4. The first-order valence-corrected chi connectivity index (χ1v) is 11.2. The summed E-state index contributed by atoms with van der Waals surface area (Å²) in [5.74, 6) is -13.0. The van der Waals surface area contributed by atoms with E-state index in [1.165, 1.54) is 18.2 Å². The molecule has 0 bridgehead atoms. The van der Waals surface area contributed by atoms with Gasteiger partial charge in [-0.25, -0.2) is 26.7 Å². The van der Waals surface area contributed by atoms with Gasteiger partial charge in [0.25, 0.3) is 5.91 Å². The molecule has 1 atom stereocenters. The molecule has 190 valence electrons. The highest BCUT2D eigenvalue weighted by Gasteiger charge is 2.53. The molecule has 2 aliphatic rings. The molecular formula is C28H14F5NO4. The number of halogens is 5. The van der Waals surface area contributed by atoms with Crippen LogP contribution in [0.5, 0.6) is 11.5 Å². The van der Waals surface area contributed by atoms with Crippen LogP contribution in [0.25, 0.3) is 0 Å². The highest BCUT2D eigenvalue weighted by molar-refractivity contribution is 6.05. The molecule has 0 fully saturated rings. The number of rotatable bonds is 2. The minimum atomic E-state index is -2.37. The zero-order valence-corrected chi connectivity index (χ0v) is 19.3. The standard InChI is InChI=1S/C28H14F5NO4/c1-12-6-8-16-18(10-12)37-19-11-13(34-26(35)20-21(29)23(31)25(33)24(32)22(20)30)7-9-17(19)28(16)15-5-3-2-4-14(15)27(36)38-28/h2-11H,1H3,(H,34,35). The van der Waals surface area contributed by atoms with Gasteiger partial charge in [-0.15, -0.1) is 0 Å². The molecule has 2 heterocycles. The number of carbonyl (C=O) groups is 2. The van der Waals surface area contributed by atoms with Gasteiger partial charge < -0.3 is 14.8 Å². The molecule has 0 saturated carbocycles. The lowest BCUT2D eigenvalue weighted by Gasteiger charge is -2.36. The molecule has 0 aromatic heterocycles. The summed E-state index contributed by atoms with van der Waals surface area (Å²) in [4.78, 5) is 25.4. The van der Waals surface area contributed by atoms with Crippen molar-refractivity contribution < 1.29 is 41.0 Å². The van der Waals surface area contributed by atoms with Crippen LogP contribution in [0.4, 0.5) is 27.6 Å². The Morgan fingerprint density at radius 2 is 1.37 bits per heavy atom. The van der Waals surface area contributed by atoms with Gasteiger partial charge in [-0.05, 0) is 36.8 Å². The number of esters is 1. The third kappa shape index (κ3) is 3.16. The fraction of sp³-hybridized carbons (Fsp3) is 0.0714. The van der Waals surface area contributed by atoms with E-state index in [-0.39, 0.29) is 11.4 Å². The topological polar surface area (TPSA) is 64.6 Å². The molecule has 0 aliphatic carbocycles. The molecule has 1 N–H and O–H groups in total. The smallest absolute Gasteiger partial charge is 0.340 e. The number of carbonyl (C=O) groups excluding carboxylic acids is 2. The van der Waals surface area contributed by atoms with E-state index in [9.17, 15) is 31.5 Å². The molecule has 1 amide bonds. The summed E-state index contributed by atoms with van der Waals surface area (Å²) in [7, 11) is 0. The van der Waals surface area contributed by atoms with Gasteiger partial charge in [-0.1, -0.05) is 30.3 Å². The second-order valence-corrected chi connectivity index (χ2v) is 8.83. The zero-order chi connectivity index (χ0) is 26.9. The molecule has 10 heteroatoms. The van der Waals surface area contributed by atoms with Crippen LogP contribution in [0.3, 0.4) is 0 Å². The molecule has 5 nitrogen and oxygen atoms in total. The second kappa shape index (κ2) is 8.14. The zero-order valence-electron chi connectivity index (χ0n) is 19.3. The van der Waals surface area contributed by atoms with Crippen molar-refractivity contribution in [3.8, 4) is 11.5 Å². The molecular weight excluding hydrogens is 509 g/mol. The van der Waals surface area contributed by atoms with E-state index in [1.54, 1.807) is 36.4 Å². The largest absolute Gasteiger partial charge is 0.456 e. The van der Waals surface area contributed by atoms with Gasteiger partial charge in [0, 0.05) is 28.4 Å². The Balaban J connectivity index is 1.47. The van der Waals surface area contributed by atoms with Gasteiger partial charge in [-0.3, -0.25) is 4.79 Å². The molecule has 1 spiro atoms. The van der Waals surface area contributed by atoms with Crippen LogP contribution in [-0.2, 0) is 10.3 Å². The Hall–Kier alpha value is -4.73. The van der Waals surface area contributed by atoms with E-state index in [4.69, 9.17) is 9.47 Å². The lowest BCUT2D eigenvalue weighted by atomic mass is 9.77. The van der Waals surface area contributed by atoms with Crippen molar-refractivity contribution in [1.29, 1.82) is 0 Å². The maximum absolute atomic E-state index is 14.2. The summed E-state index contributed by atoms with van der Waals surface area (Å²) in [6.07, 6.45) is 0. The molecule has 0 radical (unpaired) electrons. The van der Waals surface area contributed by atoms with E-state index in [0.717, 1.165) is 5.56 Å². The Morgan fingerprint density at radius 1 is 0.763 bits per heavy atom. The van der Waals surface area contributed by atoms with Crippen LogP contribution in [0.15, 0.2) is 60.7 Å². The van der Waals surface area contributed by atoms with Gasteiger partial charge >= 0.3 is 5.97 Å². The SMILES string of the molecule is Cc1ccc2c(c1)Oc1cc(NC(=O)c3c(F)c(F)c(F)c(F)c3F)ccc1C21OC(=O)c2ccccc21. The fourth-order valence-electron chi connectivity index (χ4n) is 4.86. The minimum absolute atomic E-state index is 0.0680. The average Bonchev–Trinajstić information content (AvgIpc) is 3.19. The predicted octanol–water partition coefficient (Wildman–Crippen LogP) is 6.51. The van der Waals surface area contributed by atoms with Crippen LogP contribution < -0.4 is 10.1 Å². The van der Waals surface area contributed by atoms with Crippen LogP contribution in [-0.4, -0.2) is 11.9 Å². The van der Waals surface area contributed by atoms with Crippen LogP contribution in [0.2, 0.25) is 0 Å². The van der Waals surface area contributed by atoms with Crippen molar-refractivity contribution in [2.24, 2.45) is 0 Å². The maximum Gasteiger partial charge on any atom is 0.340 e. The second-order valence-electron chi connectivity index (χ2n) is 8.83. The molecule has 38 heavy (non-hydrogen) atoms. The summed E-state index contributed by atoms with van der Waals surface area (Å²) >= 11 is 0. The first kappa shape index (κ1) is 23.7. The molecule has 0 saturated heterocycles. The maximum atomic E-state index is 14.2. The average molecular weight is 523 g/mol. The van der Waals surface area contributed by atoms with Crippen LogP contribution in [0.1, 0.15) is 43.0 Å². The number of fused-ring (bicyclic) bond motifs is 6. The van der Waals surface area contributed by atoms with E-state index in [1.807, 2.05) is 13.0 Å². The predicted molar refractivity (Wildman–Crippen MR) is 124 cm³/mol. The molecule has 1 unspecified atom stereocenters. The monoisotopic (exact) mass is 523 g/mol. The van der Waals surface area contributed by atoms with E-state index in [2.05, 4.69) is 5.32 Å². The van der Waals surface area contributed by atoms with Gasteiger partial charge in [0.15, 0.2) is 28.9 Å². The quantitative estimate of drug-likeness (QED) is 0.141. The van der Waals surface area contributed by atoms with Gasteiger partial charge in [0.1, 0.15) is 17.1 Å². The highest BCUT2D eigenvalue weighted by atomic mass is 19.2. The lowest BCUT2D eigenvalue weighted by Crippen LogP contribution is -2.33. The van der Waals surface area contributed by atoms with E-state index >= 15 is 0 Å². The number of anilines is 1. The molecule has 6 rings (SSSR count). The van der Waals surface area contributed by atoms with Crippen molar-refractivity contribution in [2.45, 2.75) is 12.5 Å². The third-order valence-corrected chi connectivity index (χ3v) is 6.56. The van der Waals surface area contributed by atoms with Crippen molar-refractivity contribution in [1.82, 2.24) is 0 Å². The van der Waals surface area contributed by atoms with Gasteiger partial charge in [0.2, 0.25) is 5.82 Å². The Kier molecular flexibility index (Phi) is 5.07. The Labute approximate surface area is 211 Å². The fourth-order valence-corrected chi connectivity index (χ4v) is 4.86. The van der Waals surface area contributed by atoms with Crippen LogP contribution in [0, 0.1) is 36.0 Å². The van der Waals surface area contributed by atoms with Gasteiger partial charge in [-0.2, -0.15) is 0 Å². The Bertz CT molecular complexity index is 1690. The lowest BCUT2D eigenvalue weighted by molar-refractivity contribution is 0.0224. The first-order valence-electron chi connectivity index (χ1n) is 11.2. The van der Waals surface area contributed by atoms with Crippen molar-refractivity contribution in [3.63, 3.8) is 0 Å². The van der Waals surface area contributed by atoms with Crippen molar-refractivity contribution in [2.75, 3.05) is 5.32 Å². The van der Waals surface area contributed by atoms with E-state index < -0.39 is 52.1 Å². The van der Waals surface area contributed by atoms with Crippen LogP contribution >= 0.6 is 0 Å². The number of ether oxygens (including phenoxy) is 2. The summed E-state index contributed by atoms with van der Waals surface area (Å²) in [5, 5.41) is 2.14. The normalized spacial score (nSPS) is 16.8. The van der Waals surface area contributed by atoms with Crippen molar-refractivity contribution >= 4 is 17.6 Å². The highest BCUT2D eigenvalue weighted by Crippen LogP contribution is 2.56. The third-order valence-electron chi connectivity index (χ3n) is 6.56. The van der Waals surface area contributed by atoms with Gasteiger partial charge in [0.05, 0.1) is 5.56 Å². The Morgan fingerprint density at radius 3 is 2.08 bits per heavy atom. The summed E-state index contributed by atoms with van der Waals surface area (Å²) in [6, 6.07) is 16.3. The number of nitrogens with one attached hydrogen (secondary N) is 1. The first-order chi connectivity index (χ1) is 18.1. The molecule has 2 aliphatic heterocycles. The number of hydrogen-bond donors (Lipinski definition) is 1.